The highest BCUT2D eigenvalue weighted by molar-refractivity contribution is 7.99. The molecule has 0 saturated heterocycles. The van der Waals surface area contributed by atoms with E-state index in [2.05, 4.69) is 28.9 Å². The van der Waals surface area contributed by atoms with E-state index in [1.807, 2.05) is 12.1 Å². The predicted molar refractivity (Wildman–Crippen MR) is 69.0 cm³/mol. The maximum Gasteiger partial charge on any atom is 0.316 e. The number of esters is 1. The van der Waals surface area contributed by atoms with E-state index >= 15 is 0 Å². The maximum absolute atomic E-state index is 11.1. The van der Waals surface area contributed by atoms with Gasteiger partial charge in [0.15, 0.2) is 0 Å². The summed E-state index contributed by atoms with van der Waals surface area (Å²) in [6.45, 7) is 4.95. The quantitative estimate of drug-likeness (QED) is 0.620. The molecular formula is C12H18N2O2S. The zero-order valence-electron chi connectivity index (χ0n) is 10.4. The van der Waals surface area contributed by atoms with Crippen LogP contribution in [0.1, 0.15) is 19.4 Å². The molecular weight excluding hydrogens is 236 g/mol. The molecule has 0 spiro atoms. The lowest BCUT2D eigenvalue weighted by Crippen LogP contribution is -2.22. The minimum Gasteiger partial charge on any atom is -0.468 e. The van der Waals surface area contributed by atoms with E-state index in [1.165, 1.54) is 18.9 Å². The van der Waals surface area contributed by atoms with Crippen LogP contribution >= 0.6 is 11.8 Å². The summed E-state index contributed by atoms with van der Waals surface area (Å²) in [5.41, 5.74) is 1.11. The van der Waals surface area contributed by atoms with Gasteiger partial charge in [-0.05, 0) is 11.6 Å². The lowest BCUT2D eigenvalue weighted by atomic mass is 10.2. The normalized spacial score (nSPS) is 10.6. The second-order valence-electron chi connectivity index (χ2n) is 3.87. The van der Waals surface area contributed by atoms with E-state index in [0.717, 1.165) is 17.1 Å². The van der Waals surface area contributed by atoms with Crippen LogP contribution in [0.5, 0.6) is 0 Å². The van der Waals surface area contributed by atoms with Crippen LogP contribution in [0.3, 0.4) is 0 Å². The first-order valence-electron chi connectivity index (χ1n) is 5.50. The SMILES string of the molecule is COC(=O)CSc1ncccc1CNC(C)C. The van der Waals surface area contributed by atoms with Crippen LogP contribution in [0.2, 0.25) is 0 Å². The summed E-state index contributed by atoms with van der Waals surface area (Å²) >= 11 is 1.41. The van der Waals surface area contributed by atoms with Gasteiger partial charge in [0.05, 0.1) is 12.9 Å². The first-order valence-corrected chi connectivity index (χ1v) is 6.49. The first kappa shape index (κ1) is 14.0. The molecule has 0 fully saturated rings. The zero-order chi connectivity index (χ0) is 12.7. The Morgan fingerprint density at radius 2 is 2.35 bits per heavy atom. The Hall–Kier alpha value is -1.07. The van der Waals surface area contributed by atoms with Gasteiger partial charge in [0, 0.05) is 18.8 Å². The molecule has 0 unspecified atom stereocenters. The van der Waals surface area contributed by atoms with Gasteiger partial charge in [0.25, 0.3) is 0 Å². The number of methoxy groups -OCH3 is 1. The second kappa shape index (κ2) is 7.29. The molecule has 0 saturated carbocycles. The van der Waals surface area contributed by atoms with Crippen LogP contribution in [0, 0.1) is 0 Å². The minimum atomic E-state index is -0.233. The highest BCUT2D eigenvalue weighted by Crippen LogP contribution is 2.19. The number of carbonyl (C=O) groups excluding carboxylic acids is 1. The summed E-state index contributed by atoms with van der Waals surface area (Å²) in [6.07, 6.45) is 1.73. The van der Waals surface area contributed by atoms with Gasteiger partial charge in [-0.3, -0.25) is 4.79 Å². The van der Waals surface area contributed by atoms with Crippen molar-refractivity contribution in [1.82, 2.24) is 10.3 Å². The first-order chi connectivity index (χ1) is 8.13. The molecule has 17 heavy (non-hydrogen) atoms. The molecule has 1 N–H and O–H groups in total. The lowest BCUT2D eigenvalue weighted by Gasteiger charge is -2.10. The minimum absolute atomic E-state index is 0.233. The Labute approximate surface area is 106 Å². The molecule has 1 aromatic rings. The Bertz CT molecular complexity index is 369. The fourth-order valence-electron chi connectivity index (χ4n) is 1.19. The average molecular weight is 254 g/mol. The van der Waals surface area contributed by atoms with Gasteiger partial charge in [-0.15, -0.1) is 0 Å². The summed E-state index contributed by atoms with van der Waals surface area (Å²) < 4.78 is 4.61. The number of hydrogen-bond acceptors (Lipinski definition) is 5. The largest absolute Gasteiger partial charge is 0.468 e. The zero-order valence-corrected chi connectivity index (χ0v) is 11.2. The summed E-state index contributed by atoms with van der Waals surface area (Å²) in [5, 5.41) is 4.21. The van der Waals surface area contributed by atoms with Gasteiger partial charge >= 0.3 is 5.97 Å². The van der Waals surface area contributed by atoms with Gasteiger partial charge in [0.1, 0.15) is 5.03 Å². The molecule has 1 rings (SSSR count). The second-order valence-corrected chi connectivity index (χ2v) is 4.83. The van der Waals surface area contributed by atoms with Gasteiger partial charge in [-0.25, -0.2) is 4.98 Å². The Morgan fingerprint density at radius 3 is 3.00 bits per heavy atom. The van der Waals surface area contributed by atoms with Crippen molar-refractivity contribution in [3.8, 4) is 0 Å². The maximum atomic E-state index is 11.1. The van der Waals surface area contributed by atoms with Crippen LogP contribution in [-0.4, -0.2) is 29.9 Å². The van der Waals surface area contributed by atoms with Crippen molar-refractivity contribution in [3.63, 3.8) is 0 Å². The average Bonchev–Trinajstić information content (AvgIpc) is 2.34. The molecule has 1 aromatic heterocycles. The Balaban J connectivity index is 2.60. The molecule has 0 aliphatic rings. The Morgan fingerprint density at radius 1 is 1.59 bits per heavy atom. The highest BCUT2D eigenvalue weighted by Gasteiger charge is 2.07. The fourth-order valence-corrected chi connectivity index (χ4v) is 2.02. The number of hydrogen-bond donors (Lipinski definition) is 1. The Kier molecular flexibility index (Phi) is 6.00. The molecule has 0 amide bonds. The van der Waals surface area contributed by atoms with E-state index in [0.29, 0.717) is 11.8 Å². The summed E-state index contributed by atoms with van der Waals surface area (Å²) in [5.74, 6) is 0.0609. The third-order valence-electron chi connectivity index (χ3n) is 2.11. The highest BCUT2D eigenvalue weighted by atomic mass is 32.2. The van der Waals surface area contributed by atoms with Gasteiger partial charge in [0.2, 0.25) is 0 Å². The monoisotopic (exact) mass is 254 g/mol. The van der Waals surface area contributed by atoms with Crippen molar-refractivity contribution in [2.75, 3.05) is 12.9 Å². The van der Waals surface area contributed by atoms with Crippen LogP contribution in [0.15, 0.2) is 23.4 Å². The predicted octanol–water partition coefficient (Wildman–Crippen LogP) is 1.84. The van der Waals surface area contributed by atoms with Crippen LogP contribution in [0.25, 0.3) is 0 Å². The van der Waals surface area contributed by atoms with E-state index in [-0.39, 0.29) is 5.97 Å². The number of nitrogens with zero attached hydrogens (tertiary/aromatic N) is 1. The van der Waals surface area contributed by atoms with Gasteiger partial charge < -0.3 is 10.1 Å². The summed E-state index contributed by atoms with van der Waals surface area (Å²) in [6, 6.07) is 4.34. The molecule has 0 radical (unpaired) electrons. The van der Waals surface area contributed by atoms with E-state index in [4.69, 9.17) is 0 Å². The number of ether oxygens (including phenoxy) is 1. The van der Waals surface area contributed by atoms with E-state index in [9.17, 15) is 4.79 Å². The molecule has 0 bridgehead atoms. The molecule has 0 aliphatic heterocycles. The van der Waals surface area contributed by atoms with Gasteiger partial charge in [-0.1, -0.05) is 31.7 Å². The number of nitrogens with one attached hydrogen (secondary N) is 1. The van der Waals surface area contributed by atoms with Crippen LogP contribution in [-0.2, 0) is 16.1 Å². The molecule has 4 nitrogen and oxygen atoms in total. The molecule has 5 heteroatoms. The number of pyridine rings is 1. The van der Waals surface area contributed by atoms with Crippen LogP contribution in [0.4, 0.5) is 0 Å². The van der Waals surface area contributed by atoms with E-state index < -0.39 is 0 Å². The van der Waals surface area contributed by atoms with Crippen molar-refractivity contribution in [2.45, 2.75) is 31.5 Å². The number of rotatable bonds is 6. The van der Waals surface area contributed by atoms with Crippen LogP contribution < -0.4 is 5.32 Å². The van der Waals surface area contributed by atoms with Crippen molar-refractivity contribution in [2.24, 2.45) is 0 Å². The molecule has 0 aliphatic carbocycles. The van der Waals surface area contributed by atoms with Crippen molar-refractivity contribution >= 4 is 17.7 Å². The third-order valence-corrected chi connectivity index (χ3v) is 3.13. The van der Waals surface area contributed by atoms with Gasteiger partial charge in [-0.2, -0.15) is 0 Å². The van der Waals surface area contributed by atoms with Crippen molar-refractivity contribution in [3.05, 3.63) is 23.9 Å². The molecule has 1 heterocycles. The van der Waals surface area contributed by atoms with Crippen molar-refractivity contribution in [1.29, 1.82) is 0 Å². The topological polar surface area (TPSA) is 51.2 Å². The number of carbonyl (C=O) groups is 1. The number of thioether (sulfide) groups is 1. The fraction of sp³-hybridized carbons (Fsp3) is 0.500. The standard InChI is InChI=1S/C12H18N2O2S/c1-9(2)14-7-10-5-4-6-13-12(10)17-8-11(15)16-3/h4-6,9,14H,7-8H2,1-3H3. The van der Waals surface area contributed by atoms with E-state index in [1.54, 1.807) is 6.20 Å². The summed E-state index contributed by atoms with van der Waals surface area (Å²) in [4.78, 5) is 15.4. The molecule has 94 valence electrons. The molecule has 0 aromatic carbocycles. The summed E-state index contributed by atoms with van der Waals surface area (Å²) in [7, 11) is 1.39. The third kappa shape index (κ3) is 5.19. The molecule has 0 atom stereocenters. The number of aromatic nitrogens is 1. The van der Waals surface area contributed by atoms with Crippen molar-refractivity contribution < 1.29 is 9.53 Å². The smallest absolute Gasteiger partial charge is 0.316 e. The lowest BCUT2D eigenvalue weighted by molar-refractivity contribution is -0.137.